The predicted molar refractivity (Wildman–Crippen MR) is 77.9 cm³/mol. The topological polar surface area (TPSA) is 30.9 Å². The summed E-state index contributed by atoms with van der Waals surface area (Å²) in [7, 11) is 2.25. The molecule has 1 aromatic heterocycles. The summed E-state index contributed by atoms with van der Waals surface area (Å²) in [6.45, 7) is 2.91. The smallest absolute Gasteiger partial charge is 0.0240 e. The van der Waals surface area contributed by atoms with Gasteiger partial charge in [0.05, 0.1) is 0 Å². The minimum absolute atomic E-state index is 0.502. The summed E-state index contributed by atoms with van der Waals surface area (Å²) in [5.74, 6) is 3.05. The fourth-order valence-corrected chi connectivity index (χ4v) is 5.90. The maximum Gasteiger partial charge on any atom is 0.0240 e. The summed E-state index contributed by atoms with van der Waals surface area (Å²) in [6, 6.07) is 2.43. The van der Waals surface area contributed by atoms with Crippen molar-refractivity contribution >= 4 is 0 Å². The highest BCUT2D eigenvalue weighted by atomic mass is 15.0. The van der Waals surface area contributed by atoms with Gasteiger partial charge in [-0.2, -0.15) is 0 Å². The first-order valence-electron chi connectivity index (χ1n) is 7.97. The predicted octanol–water partition coefficient (Wildman–Crippen LogP) is 3.26. The van der Waals surface area contributed by atoms with Crippen LogP contribution in [0.5, 0.6) is 0 Å². The molecule has 0 radical (unpaired) electrons. The van der Waals surface area contributed by atoms with Crippen LogP contribution in [0.25, 0.3) is 0 Å². The van der Waals surface area contributed by atoms with Crippen LogP contribution < -0.4 is 5.73 Å². The van der Waals surface area contributed by atoms with E-state index in [2.05, 4.69) is 24.6 Å². The van der Waals surface area contributed by atoms with E-state index in [9.17, 15) is 0 Å². The molecule has 0 spiro atoms. The lowest BCUT2D eigenvalue weighted by molar-refractivity contribution is -0.00848. The van der Waals surface area contributed by atoms with Crippen LogP contribution >= 0.6 is 0 Å². The van der Waals surface area contributed by atoms with E-state index in [0.717, 1.165) is 17.8 Å². The molecule has 4 saturated carbocycles. The molecule has 0 amide bonds. The number of aromatic nitrogens is 1. The number of nitrogens with two attached hydrogens (primary N) is 1. The SMILES string of the molecule is Cc1c(CN)cc(C23CC4CC(CC(C4)C2)C3)n1C. The monoisotopic (exact) mass is 258 g/mol. The van der Waals surface area contributed by atoms with Crippen molar-refractivity contribution < 1.29 is 0 Å². The van der Waals surface area contributed by atoms with Crippen LogP contribution in [0, 0.1) is 24.7 Å². The Balaban J connectivity index is 1.79. The Kier molecular flexibility index (Phi) is 2.45. The standard InChI is InChI=1S/C17H26N2/c1-11-15(10-18)6-16(19(11)2)17-7-12-3-13(8-17)5-14(4-12)9-17/h6,12-14H,3-5,7-10,18H2,1-2H3. The van der Waals surface area contributed by atoms with Gasteiger partial charge in [0.25, 0.3) is 0 Å². The van der Waals surface area contributed by atoms with E-state index in [0.29, 0.717) is 12.0 Å². The van der Waals surface area contributed by atoms with Gasteiger partial charge < -0.3 is 10.3 Å². The molecule has 0 saturated heterocycles. The maximum atomic E-state index is 5.91. The summed E-state index contributed by atoms with van der Waals surface area (Å²) in [5, 5.41) is 0. The number of nitrogens with zero attached hydrogens (tertiary/aromatic N) is 1. The average molecular weight is 258 g/mol. The van der Waals surface area contributed by atoms with E-state index in [4.69, 9.17) is 5.73 Å². The second kappa shape index (κ2) is 3.88. The van der Waals surface area contributed by atoms with Crippen LogP contribution in [0.3, 0.4) is 0 Å². The first-order chi connectivity index (χ1) is 9.11. The Bertz CT molecular complexity index is 476. The minimum atomic E-state index is 0.502. The van der Waals surface area contributed by atoms with Crippen molar-refractivity contribution in [1.82, 2.24) is 4.57 Å². The third-order valence-electron chi connectivity index (χ3n) is 6.44. The van der Waals surface area contributed by atoms with Gasteiger partial charge in [-0.3, -0.25) is 0 Å². The van der Waals surface area contributed by atoms with E-state index in [1.165, 1.54) is 49.8 Å². The third kappa shape index (κ3) is 1.59. The van der Waals surface area contributed by atoms with E-state index in [1.54, 1.807) is 5.69 Å². The summed E-state index contributed by atoms with van der Waals surface area (Å²) in [5.41, 5.74) is 10.8. The van der Waals surface area contributed by atoms with Crippen molar-refractivity contribution in [3.05, 3.63) is 23.0 Å². The van der Waals surface area contributed by atoms with Crippen molar-refractivity contribution in [3.8, 4) is 0 Å². The van der Waals surface area contributed by atoms with Gasteiger partial charge in [-0.15, -0.1) is 0 Å². The first kappa shape index (κ1) is 12.0. The summed E-state index contributed by atoms with van der Waals surface area (Å²) >= 11 is 0. The normalized spacial score (nSPS) is 40.1. The van der Waals surface area contributed by atoms with Gasteiger partial charge in [0.2, 0.25) is 0 Å². The summed E-state index contributed by atoms with van der Waals surface area (Å²) in [6.07, 6.45) is 8.89. The fourth-order valence-electron chi connectivity index (χ4n) is 5.90. The third-order valence-corrected chi connectivity index (χ3v) is 6.44. The Labute approximate surface area is 116 Å². The van der Waals surface area contributed by atoms with Crippen molar-refractivity contribution in [2.24, 2.45) is 30.5 Å². The maximum absolute atomic E-state index is 5.91. The Morgan fingerprint density at radius 1 is 1.16 bits per heavy atom. The molecule has 4 bridgehead atoms. The molecule has 0 aliphatic heterocycles. The number of rotatable bonds is 2. The van der Waals surface area contributed by atoms with Gasteiger partial charge in [0.1, 0.15) is 0 Å². The fraction of sp³-hybridized carbons (Fsp3) is 0.765. The Morgan fingerprint density at radius 3 is 2.11 bits per heavy atom. The zero-order valence-corrected chi connectivity index (χ0v) is 12.3. The number of hydrogen-bond donors (Lipinski definition) is 1. The Morgan fingerprint density at radius 2 is 1.68 bits per heavy atom. The summed E-state index contributed by atoms with van der Waals surface area (Å²) < 4.78 is 2.45. The van der Waals surface area contributed by atoms with Gasteiger partial charge in [-0.25, -0.2) is 0 Å². The van der Waals surface area contributed by atoms with Gasteiger partial charge in [-0.05, 0) is 74.8 Å². The van der Waals surface area contributed by atoms with E-state index >= 15 is 0 Å². The van der Waals surface area contributed by atoms with Gasteiger partial charge in [-0.1, -0.05) is 0 Å². The van der Waals surface area contributed by atoms with Crippen LogP contribution in [0.4, 0.5) is 0 Å². The summed E-state index contributed by atoms with van der Waals surface area (Å²) in [4.78, 5) is 0. The first-order valence-corrected chi connectivity index (χ1v) is 7.97. The molecule has 4 fully saturated rings. The van der Waals surface area contributed by atoms with Crippen molar-refractivity contribution in [2.75, 3.05) is 0 Å². The van der Waals surface area contributed by atoms with Gasteiger partial charge >= 0.3 is 0 Å². The lowest BCUT2D eigenvalue weighted by Crippen LogP contribution is -2.49. The van der Waals surface area contributed by atoms with Crippen LogP contribution in [-0.2, 0) is 19.0 Å². The van der Waals surface area contributed by atoms with Crippen LogP contribution in [0.1, 0.15) is 55.5 Å². The van der Waals surface area contributed by atoms with Crippen LogP contribution in [0.2, 0.25) is 0 Å². The van der Waals surface area contributed by atoms with Gasteiger partial charge in [0, 0.05) is 30.4 Å². The zero-order valence-electron chi connectivity index (χ0n) is 12.3. The molecule has 0 unspecified atom stereocenters. The molecule has 4 aliphatic carbocycles. The van der Waals surface area contributed by atoms with E-state index in [1.807, 2.05) is 0 Å². The minimum Gasteiger partial charge on any atom is -0.351 e. The highest BCUT2D eigenvalue weighted by Crippen LogP contribution is 2.60. The molecule has 2 heteroatoms. The second-order valence-corrected chi connectivity index (χ2v) is 7.60. The molecule has 0 aromatic carbocycles. The van der Waals surface area contributed by atoms with E-state index < -0.39 is 0 Å². The lowest BCUT2D eigenvalue weighted by atomic mass is 9.49. The quantitative estimate of drug-likeness (QED) is 0.867. The molecule has 2 N–H and O–H groups in total. The van der Waals surface area contributed by atoms with Gasteiger partial charge in [0.15, 0.2) is 0 Å². The molecule has 19 heavy (non-hydrogen) atoms. The molecular formula is C17H26N2. The van der Waals surface area contributed by atoms with Crippen molar-refractivity contribution in [2.45, 2.75) is 57.4 Å². The molecular weight excluding hydrogens is 232 g/mol. The van der Waals surface area contributed by atoms with E-state index in [-0.39, 0.29) is 0 Å². The molecule has 0 atom stereocenters. The van der Waals surface area contributed by atoms with Crippen molar-refractivity contribution in [1.29, 1.82) is 0 Å². The average Bonchev–Trinajstić information content (AvgIpc) is 2.65. The lowest BCUT2D eigenvalue weighted by Gasteiger charge is -2.57. The molecule has 104 valence electrons. The van der Waals surface area contributed by atoms with Crippen LogP contribution in [-0.4, -0.2) is 4.57 Å². The van der Waals surface area contributed by atoms with Crippen molar-refractivity contribution in [3.63, 3.8) is 0 Å². The molecule has 1 aromatic rings. The highest BCUT2D eigenvalue weighted by Gasteiger charge is 2.52. The Hall–Kier alpha value is -0.760. The molecule has 4 aliphatic rings. The van der Waals surface area contributed by atoms with Crippen LogP contribution in [0.15, 0.2) is 6.07 Å². The molecule has 2 nitrogen and oxygen atoms in total. The highest BCUT2D eigenvalue weighted by molar-refractivity contribution is 5.34. The molecule has 1 heterocycles. The molecule has 5 rings (SSSR count). The zero-order chi connectivity index (χ0) is 13.2. The number of hydrogen-bond acceptors (Lipinski definition) is 1. The second-order valence-electron chi connectivity index (χ2n) is 7.60. The largest absolute Gasteiger partial charge is 0.351 e.